The summed E-state index contributed by atoms with van der Waals surface area (Å²) < 4.78 is 13.6. The van der Waals surface area contributed by atoms with E-state index >= 15 is 0 Å². The number of amides is 1. The van der Waals surface area contributed by atoms with Crippen molar-refractivity contribution in [1.82, 2.24) is 9.97 Å². The Balaban J connectivity index is 1.94. The Bertz CT molecular complexity index is 1140. The Kier molecular flexibility index (Phi) is 8.33. The van der Waals surface area contributed by atoms with Gasteiger partial charge in [0.15, 0.2) is 0 Å². The number of aromatic nitrogens is 2. The molecule has 1 atom stereocenters. The lowest BCUT2D eigenvalue weighted by atomic mass is 10.1. The molecule has 0 radical (unpaired) electrons. The van der Waals surface area contributed by atoms with Crippen LogP contribution in [0.25, 0.3) is 0 Å². The highest BCUT2D eigenvalue weighted by Crippen LogP contribution is 2.24. The molecule has 0 bridgehead atoms. The maximum Gasteiger partial charge on any atom is 0.258 e. The van der Waals surface area contributed by atoms with Crippen molar-refractivity contribution < 1.29 is 9.00 Å². The van der Waals surface area contributed by atoms with Gasteiger partial charge in [-0.3, -0.25) is 14.0 Å². The Morgan fingerprint density at radius 2 is 1.88 bits per heavy atom. The zero-order valence-corrected chi connectivity index (χ0v) is 20.8. The average Bonchev–Trinajstić information content (AvgIpc) is 2.77. The van der Waals surface area contributed by atoms with Crippen molar-refractivity contribution in [1.29, 1.82) is 0 Å². The van der Waals surface area contributed by atoms with E-state index in [1.54, 1.807) is 24.4 Å². The standard InChI is InChI=1S/C26H32N4O2S/c1-18(2)10-11-21-12-13-23(25(31)28-22-14-15-27-19(3)16-22)26(29-21)33(32)17-20-8-6-7-9-24(20)30(4)5/h6-9,12-16,18H,10-11,17H2,1-5H3,(H,27,28,31). The van der Waals surface area contributed by atoms with Gasteiger partial charge in [0.05, 0.1) is 22.1 Å². The number of hydrogen-bond donors (Lipinski definition) is 1. The third-order valence-electron chi connectivity index (χ3n) is 5.27. The van der Waals surface area contributed by atoms with Gasteiger partial charge in [0.1, 0.15) is 5.03 Å². The number of para-hydroxylation sites is 1. The number of benzene rings is 1. The number of nitrogens with one attached hydrogen (secondary N) is 1. The zero-order chi connectivity index (χ0) is 24.0. The van der Waals surface area contributed by atoms with Crippen LogP contribution < -0.4 is 10.2 Å². The summed E-state index contributed by atoms with van der Waals surface area (Å²) in [4.78, 5) is 24.0. The number of anilines is 2. The van der Waals surface area contributed by atoms with E-state index in [1.165, 1.54) is 0 Å². The lowest BCUT2D eigenvalue weighted by Gasteiger charge is -2.17. The Labute approximate surface area is 198 Å². The first kappa shape index (κ1) is 24.6. The van der Waals surface area contributed by atoms with E-state index in [-0.39, 0.29) is 11.7 Å². The maximum absolute atomic E-state index is 13.6. The molecule has 7 heteroatoms. The van der Waals surface area contributed by atoms with Gasteiger partial charge in [-0.2, -0.15) is 0 Å². The van der Waals surface area contributed by atoms with Gasteiger partial charge in [0, 0.05) is 43.1 Å². The van der Waals surface area contributed by atoms with Crippen LogP contribution in [-0.2, 0) is 23.0 Å². The number of rotatable bonds is 9. The van der Waals surface area contributed by atoms with Gasteiger partial charge < -0.3 is 10.2 Å². The number of carbonyl (C=O) groups is 1. The molecule has 0 fully saturated rings. The van der Waals surface area contributed by atoms with Crippen LogP contribution in [0.2, 0.25) is 0 Å². The third kappa shape index (κ3) is 6.71. The molecule has 6 nitrogen and oxygen atoms in total. The molecule has 1 aromatic carbocycles. The van der Waals surface area contributed by atoms with E-state index in [9.17, 15) is 9.00 Å². The molecule has 3 rings (SSSR count). The van der Waals surface area contributed by atoms with Crippen molar-refractivity contribution in [3.63, 3.8) is 0 Å². The molecule has 174 valence electrons. The number of nitrogens with zero attached hydrogens (tertiary/aromatic N) is 3. The minimum absolute atomic E-state index is 0.281. The SMILES string of the molecule is Cc1cc(NC(=O)c2ccc(CCC(C)C)nc2S(=O)Cc2ccccc2N(C)C)ccn1. The van der Waals surface area contributed by atoms with E-state index in [1.807, 2.05) is 56.3 Å². The quantitative estimate of drug-likeness (QED) is 0.482. The first-order valence-corrected chi connectivity index (χ1v) is 12.4. The fourth-order valence-electron chi connectivity index (χ4n) is 3.50. The Morgan fingerprint density at radius 3 is 2.58 bits per heavy atom. The van der Waals surface area contributed by atoms with E-state index < -0.39 is 10.8 Å². The van der Waals surface area contributed by atoms with Crippen LogP contribution in [0, 0.1) is 12.8 Å². The van der Waals surface area contributed by atoms with E-state index in [4.69, 9.17) is 4.98 Å². The van der Waals surface area contributed by atoms with Crippen LogP contribution in [0.5, 0.6) is 0 Å². The molecule has 0 aliphatic rings. The topological polar surface area (TPSA) is 75.2 Å². The highest BCUT2D eigenvalue weighted by Gasteiger charge is 2.20. The number of hydrogen-bond acceptors (Lipinski definition) is 5. The molecule has 0 saturated carbocycles. The molecular formula is C26H32N4O2S. The third-order valence-corrected chi connectivity index (χ3v) is 6.59. The van der Waals surface area contributed by atoms with Gasteiger partial charge in [-0.15, -0.1) is 0 Å². The minimum atomic E-state index is -1.49. The second kappa shape index (κ2) is 11.2. The molecule has 1 N–H and O–H groups in total. The maximum atomic E-state index is 13.6. The number of aryl methyl sites for hydroxylation is 2. The van der Waals surface area contributed by atoms with Crippen molar-refractivity contribution in [3.05, 3.63) is 77.2 Å². The second-order valence-corrected chi connectivity index (χ2v) is 10.1. The van der Waals surface area contributed by atoms with Crippen molar-refractivity contribution in [2.75, 3.05) is 24.3 Å². The average molecular weight is 465 g/mol. The Morgan fingerprint density at radius 1 is 1.12 bits per heavy atom. The van der Waals surface area contributed by atoms with Gasteiger partial charge in [-0.1, -0.05) is 32.0 Å². The number of carbonyl (C=O) groups excluding carboxylic acids is 1. The van der Waals surface area contributed by atoms with Crippen LogP contribution in [0.15, 0.2) is 59.8 Å². The largest absolute Gasteiger partial charge is 0.377 e. The van der Waals surface area contributed by atoms with Gasteiger partial charge in [-0.05, 0) is 61.6 Å². The monoisotopic (exact) mass is 464 g/mol. The normalized spacial score (nSPS) is 11.9. The van der Waals surface area contributed by atoms with Gasteiger partial charge in [0.2, 0.25) is 0 Å². The van der Waals surface area contributed by atoms with Crippen molar-refractivity contribution in [2.24, 2.45) is 5.92 Å². The molecule has 0 spiro atoms. The first-order valence-electron chi connectivity index (χ1n) is 11.1. The first-order chi connectivity index (χ1) is 15.7. The Hall–Kier alpha value is -3.06. The predicted molar refractivity (Wildman–Crippen MR) is 135 cm³/mol. The van der Waals surface area contributed by atoms with E-state index in [0.29, 0.717) is 22.2 Å². The summed E-state index contributed by atoms with van der Waals surface area (Å²) in [6.45, 7) is 6.19. The van der Waals surface area contributed by atoms with Gasteiger partial charge in [-0.25, -0.2) is 4.98 Å². The van der Waals surface area contributed by atoms with Crippen LogP contribution in [0.3, 0.4) is 0 Å². The highest BCUT2D eigenvalue weighted by molar-refractivity contribution is 7.84. The van der Waals surface area contributed by atoms with Crippen molar-refractivity contribution in [2.45, 2.75) is 44.4 Å². The molecule has 0 aliphatic heterocycles. The molecule has 1 unspecified atom stereocenters. The fraction of sp³-hybridized carbons (Fsp3) is 0.346. The minimum Gasteiger partial charge on any atom is -0.377 e. The molecule has 3 aromatic rings. The van der Waals surface area contributed by atoms with Gasteiger partial charge >= 0.3 is 0 Å². The number of pyridine rings is 2. The second-order valence-electron chi connectivity index (χ2n) is 8.74. The summed E-state index contributed by atoms with van der Waals surface area (Å²) in [6, 6.07) is 15.0. The molecule has 33 heavy (non-hydrogen) atoms. The van der Waals surface area contributed by atoms with Gasteiger partial charge in [0.25, 0.3) is 5.91 Å². The zero-order valence-electron chi connectivity index (χ0n) is 20.0. The summed E-state index contributed by atoms with van der Waals surface area (Å²) in [5.74, 6) is 0.488. The van der Waals surface area contributed by atoms with Crippen LogP contribution in [0.4, 0.5) is 11.4 Å². The molecular weight excluding hydrogens is 432 g/mol. The molecule has 1 amide bonds. The van der Waals surface area contributed by atoms with E-state index in [0.717, 1.165) is 35.5 Å². The molecule has 0 aliphatic carbocycles. The smallest absolute Gasteiger partial charge is 0.258 e. The lowest BCUT2D eigenvalue weighted by Crippen LogP contribution is -2.18. The molecule has 0 saturated heterocycles. The van der Waals surface area contributed by atoms with Crippen molar-refractivity contribution in [3.8, 4) is 0 Å². The predicted octanol–water partition coefficient (Wildman–Crippen LogP) is 5.00. The van der Waals surface area contributed by atoms with E-state index in [2.05, 4.69) is 24.1 Å². The van der Waals surface area contributed by atoms with Crippen molar-refractivity contribution >= 4 is 28.1 Å². The summed E-state index contributed by atoms with van der Waals surface area (Å²) in [7, 11) is 2.43. The summed E-state index contributed by atoms with van der Waals surface area (Å²) in [6.07, 6.45) is 3.40. The molecule has 2 aromatic heterocycles. The summed E-state index contributed by atoms with van der Waals surface area (Å²) in [5, 5.41) is 3.22. The highest BCUT2D eigenvalue weighted by atomic mass is 32.2. The summed E-state index contributed by atoms with van der Waals surface area (Å²) >= 11 is 0. The van der Waals surface area contributed by atoms with Crippen LogP contribution >= 0.6 is 0 Å². The van der Waals surface area contributed by atoms with Crippen LogP contribution in [0.1, 0.15) is 47.6 Å². The molecule has 2 heterocycles. The fourth-order valence-corrected chi connectivity index (χ4v) is 4.79. The summed E-state index contributed by atoms with van der Waals surface area (Å²) in [5.41, 5.74) is 4.58. The van der Waals surface area contributed by atoms with Crippen LogP contribution in [-0.4, -0.2) is 34.2 Å². The lowest BCUT2D eigenvalue weighted by molar-refractivity contribution is 0.102.